The third kappa shape index (κ3) is 4.20. The molecule has 3 rings (SSSR count). The first-order chi connectivity index (χ1) is 14.5. The Hall–Kier alpha value is -3.89. The fourth-order valence-electron chi connectivity index (χ4n) is 3.19. The summed E-state index contributed by atoms with van der Waals surface area (Å²) in [6.45, 7) is 1.50. The van der Waals surface area contributed by atoms with Gasteiger partial charge in [-0.05, 0) is 30.7 Å². The van der Waals surface area contributed by atoms with Gasteiger partial charge in [-0.1, -0.05) is 36.4 Å². The summed E-state index contributed by atoms with van der Waals surface area (Å²) in [5.41, 5.74) is 11.9. The monoisotopic (exact) mass is 441 g/mol. The van der Waals surface area contributed by atoms with Gasteiger partial charge in [-0.25, -0.2) is 18.4 Å². The predicted molar refractivity (Wildman–Crippen MR) is 114 cm³/mol. The number of carbonyl (C=O) groups excluding carboxylic acids is 1. The number of nitrogens with two attached hydrogens (primary N) is 3. The molecule has 160 valence electrons. The molecule has 31 heavy (non-hydrogen) atoms. The van der Waals surface area contributed by atoms with Crippen molar-refractivity contribution in [2.45, 2.75) is 11.8 Å². The van der Waals surface area contributed by atoms with Gasteiger partial charge in [0, 0.05) is 11.1 Å². The van der Waals surface area contributed by atoms with Crippen molar-refractivity contribution >= 4 is 27.6 Å². The maximum Gasteiger partial charge on any atom is 0.336 e. The summed E-state index contributed by atoms with van der Waals surface area (Å²) in [5, 5.41) is 14.7. The molecular weight excluding hydrogens is 422 g/mol. The van der Waals surface area contributed by atoms with E-state index in [0.717, 1.165) is 0 Å². The molecule has 7 N–H and O–H groups in total. The Morgan fingerprint density at radius 2 is 1.65 bits per heavy atom. The number of carboxylic acid groups (broad SMARTS) is 1. The van der Waals surface area contributed by atoms with E-state index < -0.39 is 32.4 Å². The zero-order chi connectivity index (χ0) is 22.9. The molecule has 0 aliphatic carbocycles. The summed E-state index contributed by atoms with van der Waals surface area (Å²) in [6.07, 6.45) is 0. The molecule has 0 saturated heterocycles. The van der Waals surface area contributed by atoms with Crippen molar-refractivity contribution in [3.05, 3.63) is 71.3 Å². The number of primary sulfonamides is 1. The minimum atomic E-state index is -4.51. The lowest BCUT2D eigenvalue weighted by Crippen LogP contribution is -2.23. The van der Waals surface area contributed by atoms with Crippen molar-refractivity contribution in [1.29, 1.82) is 0 Å². The van der Waals surface area contributed by atoms with Crippen LogP contribution in [0.5, 0.6) is 11.5 Å². The molecule has 0 fully saturated rings. The summed E-state index contributed by atoms with van der Waals surface area (Å²) >= 11 is 0. The molecule has 0 radical (unpaired) electrons. The van der Waals surface area contributed by atoms with Crippen molar-refractivity contribution in [2.75, 3.05) is 5.73 Å². The largest absolute Gasteiger partial charge is 0.478 e. The van der Waals surface area contributed by atoms with Crippen LogP contribution in [0.15, 0.2) is 59.5 Å². The van der Waals surface area contributed by atoms with Crippen molar-refractivity contribution in [3.8, 4) is 22.6 Å². The number of ether oxygens (including phenoxy) is 1. The second kappa shape index (κ2) is 8.09. The Morgan fingerprint density at radius 1 is 1.00 bits per heavy atom. The summed E-state index contributed by atoms with van der Waals surface area (Å²) in [6, 6.07) is 14.2. The Balaban J connectivity index is 2.36. The van der Waals surface area contributed by atoms with Crippen molar-refractivity contribution in [1.82, 2.24) is 0 Å². The Morgan fingerprint density at radius 3 is 2.19 bits per heavy atom. The van der Waals surface area contributed by atoms with Crippen LogP contribution in [-0.4, -0.2) is 25.4 Å². The number of nitrogen functional groups attached to an aromatic ring is 1. The van der Waals surface area contributed by atoms with Crippen molar-refractivity contribution in [2.24, 2.45) is 10.9 Å². The summed E-state index contributed by atoms with van der Waals surface area (Å²) in [4.78, 5) is 22.9. The molecule has 0 aromatic heterocycles. The normalized spacial score (nSPS) is 11.2. The number of amides is 1. The van der Waals surface area contributed by atoms with E-state index in [1.54, 1.807) is 30.3 Å². The van der Waals surface area contributed by atoms with E-state index in [9.17, 15) is 23.1 Å². The van der Waals surface area contributed by atoms with Gasteiger partial charge in [0.25, 0.3) is 5.91 Å². The highest BCUT2D eigenvalue weighted by atomic mass is 32.2. The van der Waals surface area contributed by atoms with E-state index in [0.29, 0.717) is 11.1 Å². The first-order valence-corrected chi connectivity index (χ1v) is 10.4. The van der Waals surface area contributed by atoms with E-state index >= 15 is 0 Å². The number of benzene rings is 3. The van der Waals surface area contributed by atoms with E-state index in [1.165, 1.54) is 31.2 Å². The van der Waals surface area contributed by atoms with Crippen LogP contribution in [-0.2, 0) is 10.0 Å². The number of sulfonamides is 1. The number of carboxylic acids is 1. The first kappa shape index (κ1) is 21.8. The van der Waals surface area contributed by atoms with Gasteiger partial charge in [0.1, 0.15) is 16.4 Å². The third-order valence-corrected chi connectivity index (χ3v) is 5.61. The third-order valence-electron chi connectivity index (χ3n) is 4.64. The van der Waals surface area contributed by atoms with Crippen LogP contribution in [0.3, 0.4) is 0 Å². The van der Waals surface area contributed by atoms with Crippen LogP contribution in [0.4, 0.5) is 5.69 Å². The fraction of sp³-hybridized carbons (Fsp3) is 0.0476. The molecule has 10 heteroatoms. The molecule has 0 atom stereocenters. The van der Waals surface area contributed by atoms with Gasteiger partial charge >= 0.3 is 5.97 Å². The van der Waals surface area contributed by atoms with E-state index in [1.807, 2.05) is 0 Å². The molecule has 0 heterocycles. The summed E-state index contributed by atoms with van der Waals surface area (Å²) in [5.74, 6) is -2.55. The molecule has 0 unspecified atom stereocenters. The van der Waals surface area contributed by atoms with Crippen LogP contribution in [0.2, 0.25) is 0 Å². The molecule has 0 aliphatic rings. The quantitative estimate of drug-likeness (QED) is 0.425. The first-order valence-electron chi connectivity index (χ1n) is 8.87. The van der Waals surface area contributed by atoms with Gasteiger partial charge in [-0.2, -0.15) is 0 Å². The van der Waals surface area contributed by atoms with Crippen LogP contribution >= 0.6 is 0 Å². The van der Waals surface area contributed by atoms with Gasteiger partial charge < -0.3 is 21.3 Å². The molecule has 0 bridgehead atoms. The number of rotatable bonds is 6. The number of aromatic carboxylic acids is 1. The zero-order valence-corrected chi connectivity index (χ0v) is 17.1. The van der Waals surface area contributed by atoms with E-state index in [-0.39, 0.29) is 28.3 Å². The molecular formula is C21H19N3O6S. The van der Waals surface area contributed by atoms with Gasteiger partial charge in [-0.3, -0.25) is 4.79 Å². The minimum absolute atomic E-state index is 0.0384. The van der Waals surface area contributed by atoms with E-state index in [4.69, 9.17) is 21.3 Å². The highest BCUT2D eigenvalue weighted by Gasteiger charge is 2.29. The number of primary amides is 1. The predicted octanol–water partition coefficient (Wildman–Crippen LogP) is 2.48. The van der Waals surface area contributed by atoms with E-state index in [2.05, 4.69) is 0 Å². The number of hydrogen-bond donors (Lipinski definition) is 4. The molecule has 3 aromatic rings. The maximum absolute atomic E-state index is 12.4. The maximum atomic E-state index is 12.4. The zero-order valence-electron chi connectivity index (χ0n) is 16.3. The summed E-state index contributed by atoms with van der Waals surface area (Å²) < 4.78 is 30.5. The Labute approximate surface area is 178 Å². The molecule has 1 amide bonds. The van der Waals surface area contributed by atoms with Crippen LogP contribution in [0, 0.1) is 6.92 Å². The van der Waals surface area contributed by atoms with Gasteiger partial charge in [0.15, 0.2) is 0 Å². The van der Waals surface area contributed by atoms with Gasteiger partial charge in [-0.15, -0.1) is 0 Å². The molecule has 3 aromatic carbocycles. The second-order valence-corrected chi connectivity index (χ2v) is 8.15. The molecule has 0 aliphatic heterocycles. The number of hydrogen-bond acceptors (Lipinski definition) is 6. The standard InChI is InChI=1S/C21H19N3O6S/c1-11-13(21(26)27)8-5-9-15(11)30-16-10-14(12-6-3-2-4-7-12)18(22)17(20(23)25)19(16)31(24,28)29/h2-10H,22H2,1H3,(H2,23,25)(H,26,27)(H2,24,28,29). The van der Waals surface area contributed by atoms with Crippen LogP contribution in [0.25, 0.3) is 11.1 Å². The van der Waals surface area contributed by atoms with Gasteiger partial charge in [0.05, 0.1) is 16.8 Å². The van der Waals surface area contributed by atoms with Crippen molar-refractivity contribution < 1.29 is 27.9 Å². The SMILES string of the molecule is Cc1c(Oc2cc(-c3ccccc3)c(N)c(C(N)=O)c2S(N)(=O)=O)cccc1C(=O)O. The van der Waals surface area contributed by atoms with Crippen molar-refractivity contribution in [3.63, 3.8) is 0 Å². The minimum Gasteiger partial charge on any atom is -0.478 e. The lowest BCUT2D eigenvalue weighted by molar-refractivity contribution is 0.0695. The molecule has 0 spiro atoms. The average molecular weight is 441 g/mol. The highest BCUT2D eigenvalue weighted by Crippen LogP contribution is 2.41. The fourth-order valence-corrected chi connectivity index (χ4v) is 4.07. The lowest BCUT2D eigenvalue weighted by Gasteiger charge is -2.19. The van der Waals surface area contributed by atoms with Gasteiger partial charge in [0.2, 0.25) is 10.0 Å². The number of anilines is 1. The summed E-state index contributed by atoms with van der Waals surface area (Å²) in [7, 11) is -4.51. The van der Waals surface area contributed by atoms with Crippen LogP contribution < -0.4 is 21.3 Å². The Bertz CT molecular complexity index is 1300. The average Bonchev–Trinajstić information content (AvgIpc) is 2.69. The van der Waals surface area contributed by atoms with Crippen LogP contribution in [0.1, 0.15) is 26.3 Å². The smallest absolute Gasteiger partial charge is 0.336 e. The molecule has 9 nitrogen and oxygen atoms in total. The highest BCUT2D eigenvalue weighted by molar-refractivity contribution is 7.89. The topological polar surface area (TPSA) is 176 Å². The number of carbonyl (C=O) groups is 2. The molecule has 0 saturated carbocycles. The second-order valence-electron chi connectivity index (χ2n) is 6.65. The lowest BCUT2D eigenvalue weighted by atomic mass is 9.99. The Kier molecular flexibility index (Phi) is 5.69.